The molecule has 0 saturated heterocycles. The Morgan fingerprint density at radius 1 is 1.26 bits per heavy atom. The Balaban J connectivity index is 1.50. The Labute approximate surface area is 197 Å². The van der Waals surface area contributed by atoms with Crippen LogP contribution in [0.3, 0.4) is 0 Å². The number of alkyl halides is 2. The van der Waals surface area contributed by atoms with Crippen LogP contribution in [0.5, 0.6) is 0 Å². The van der Waals surface area contributed by atoms with Crippen molar-refractivity contribution in [3.05, 3.63) is 42.1 Å². The van der Waals surface area contributed by atoms with Gasteiger partial charge in [0.25, 0.3) is 6.43 Å². The van der Waals surface area contributed by atoms with Crippen molar-refractivity contribution in [2.24, 2.45) is 17.8 Å². The molecule has 0 spiro atoms. The van der Waals surface area contributed by atoms with Crippen molar-refractivity contribution in [2.45, 2.75) is 44.6 Å². The van der Waals surface area contributed by atoms with Gasteiger partial charge in [0.15, 0.2) is 11.6 Å². The summed E-state index contributed by atoms with van der Waals surface area (Å²) in [6, 6.07) is 3.68. The van der Waals surface area contributed by atoms with E-state index in [0.29, 0.717) is 34.5 Å². The number of halogens is 3. The third kappa shape index (κ3) is 3.69. The molecule has 0 aromatic carbocycles. The molecule has 4 atom stereocenters. The van der Waals surface area contributed by atoms with E-state index in [4.69, 9.17) is 0 Å². The Morgan fingerprint density at radius 3 is 2.91 bits per heavy atom. The van der Waals surface area contributed by atoms with Crippen LogP contribution in [-0.2, 0) is 4.79 Å². The molecule has 35 heavy (non-hydrogen) atoms. The van der Waals surface area contributed by atoms with Gasteiger partial charge in [0.2, 0.25) is 0 Å². The number of aromatic nitrogens is 5. The van der Waals surface area contributed by atoms with Gasteiger partial charge in [0.05, 0.1) is 12.1 Å². The van der Waals surface area contributed by atoms with Gasteiger partial charge in [0, 0.05) is 23.2 Å². The number of aliphatic carboxylic acids is 1. The lowest BCUT2D eigenvalue weighted by molar-refractivity contribution is -0.145. The number of pyridine rings is 1. The SMILES string of the molecule is O=C(O)[C@H]1CC2CCCC(C2)[C@@H]1Nc1nc(-c2c[nH]c3ncc(F)cc23)nn2c(C(F)F)ccc12. The molecule has 4 heterocycles. The highest BCUT2D eigenvalue weighted by molar-refractivity contribution is 5.92. The van der Waals surface area contributed by atoms with Crippen molar-refractivity contribution in [3.8, 4) is 11.4 Å². The number of fused-ring (bicyclic) bond motifs is 4. The molecular formula is C24H23F3N6O2. The number of carboxylic acid groups (broad SMARTS) is 1. The van der Waals surface area contributed by atoms with Gasteiger partial charge in [-0.3, -0.25) is 4.79 Å². The van der Waals surface area contributed by atoms with Crippen molar-refractivity contribution in [3.63, 3.8) is 0 Å². The number of hydrogen-bond acceptors (Lipinski definition) is 5. The third-order valence-corrected chi connectivity index (χ3v) is 7.47. The number of rotatable bonds is 5. The minimum absolute atomic E-state index is 0.0981. The number of hydrogen-bond donors (Lipinski definition) is 3. The van der Waals surface area contributed by atoms with Crippen LogP contribution in [0, 0.1) is 23.6 Å². The van der Waals surface area contributed by atoms with Crippen LogP contribution < -0.4 is 5.32 Å². The summed E-state index contributed by atoms with van der Waals surface area (Å²) >= 11 is 0. The average molecular weight is 484 g/mol. The van der Waals surface area contributed by atoms with Crippen LogP contribution in [0.25, 0.3) is 27.9 Å². The first-order valence-electron chi connectivity index (χ1n) is 11.7. The van der Waals surface area contributed by atoms with Crippen LogP contribution in [0.2, 0.25) is 0 Å². The van der Waals surface area contributed by atoms with Crippen LogP contribution in [0.4, 0.5) is 19.0 Å². The highest BCUT2D eigenvalue weighted by Gasteiger charge is 2.43. The van der Waals surface area contributed by atoms with Gasteiger partial charge in [-0.1, -0.05) is 12.8 Å². The van der Waals surface area contributed by atoms with Gasteiger partial charge >= 0.3 is 5.97 Å². The van der Waals surface area contributed by atoms with Gasteiger partial charge in [-0.05, 0) is 49.3 Å². The number of nitrogens with zero attached hydrogens (tertiary/aromatic N) is 4. The first-order chi connectivity index (χ1) is 16.9. The lowest BCUT2D eigenvalue weighted by Crippen LogP contribution is -2.47. The van der Waals surface area contributed by atoms with Crippen molar-refractivity contribution in [1.82, 2.24) is 24.6 Å². The lowest BCUT2D eigenvalue weighted by atomic mass is 9.65. The maximum Gasteiger partial charge on any atom is 0.308 e. The van der Waals surface area contributed by atoms with E-state index in [9.17, 15) is 23.1 Å². The predicted octanol–water partition coefficient (Wildman–Crippen LogP) is 5.04. The van der Waals surface area contributed by atoms with Crippen LogP contribution in [-0.4, -0.2) is 41.7 Å². The van der Waals surface area contributed by atoms with E-state index in [-0.39, 0.29) is 29.3 Å². The molecule has 2 bridgehead atoms. The maximum absolute atomic E-state index is 13.9. The summed E-state index contributed by atoms with van der Waals surface area (Å²) in [4.78, 5) is 23.7. The zero-order chi connectivity index (χ0) is 24.3. The molecule has 2 aliphatic carbocycles. The van der Waals surface area contributed by atoms with E-state index in [1.165, 1.54) is 18.2 Å². The van der Waals surface area contributed by atoms with Crippen LogP contribution in [0.15, 0.2) is 30.6 Å². The fourth-order valence-corrected chi connectivity index (χ4v) is 5.90. The van der Waals surface area contributed by atoms with Gasteiger partial charge < -0.3 is 15.4 Å². The summed E-state index contributed by atoms with van der Waals surface area (Å²) in [5.74, 6) is -1.11. The molecule has 4 aromatic rings. The van der Waals surface area contributed by atoms with E-state index >= 15 is 0 Å². The Kier molecular flexibility index (Phi) is 5.15. The third-order valence-electron chi connectivity index (χ3n) is 7.47. The highest BCUT2D eigenvalue weighted by Crippen LogP contribution is 2.44. The summed E-state index contributed by atoms with van der Waals surface area (Å²) in [5.41, 5.74) is 0.831. The van der Waals surface area contributed by atoms with Crippen molar-refractivity contribution >= 4 is 28.3 Å². The molecule has 8 nitrogen and oxygen atoms in total. The molecule has 11 heteroatoms. The van der Waals surface area contributed by atoms with Crippen LogP contribution >= 0.6 is 0 Å². The normalized spacial score (nSPS) is 24.3. The monoisotopic (exact) mass is 484 g/mol. The predicted molar refractivity (Wildman–Crippen MR) is 122 cm³/mol. The number of H-pyrrole nitrogens is 1. The molecule has 2 unspecified atom stereocenters. The number of anilines is 1. The van der Waals surface area contributed by atoms with Gasteiger partial charge in [-0.2, -0.15) is 0 Å². The van der Waals surface area contributed by atoms with Crippen molar-refractivity contribution < 1.29 is 23.1 Å². The molecule has 0 amide bonds. The minimum atomic E-state index is -2.78. The molecule has 0 aliphatic heterocycles. The zero-order valence-corrected chi connectivity index (χ0v) is 18.6. The van der Waals surface area contributed by atoms with E-state index < -0.39 is 24.1 Å². The second-order valence-electron chi connectivity index (χ2n) is 9.54. The molecule has 6 rings (SSSR count). The van der Waals surface area contributed by atoms with Gasteiger partial charge in [-0.25, -0.2) is 27.7 Å². The topological polar surface area (TPSA) is 108 Å². The largest absolute Gasteiger partial charge is 0.481 e. The molecule has 2 aliphatic rings. The van der Waals surface area contributed by atoms with E-state index in [2.05, 4.69) is 25.4 Å². The average Bonchev–Trinajstić information content (AvgIpc) is 3.44. The second-order valence-corrected chi connectivity index (χ2v) is 9.54. The molecule has 2 fully saturated rings. The summed E-state index contributed by atoms with van der Waals surface area (Å²) in [5, 5.41) is 18.0. The number of aromatic amines is 1. The highest BCUT2D eigenvalue weighted by atomic mass is 19.3. The molecule has 3 N–H and O–H groups in total. The van der Waals surface area contributed by atoms with E-state index in [0.717, 1.165) is 36.4 Å². The minimum Gasteiger partial charge on any atom is -0.481 e. The fourth-order valence-electron chi connectivity index (χ4n) is 5.90. The summed E-state index contributed by atoms with van der Waals surface area (Å²) in [7, 11) is 0. The Hall–Kier alpha value is -3.63. The number of carbonyl (C=O) groups is 1. The second kappa shape index (κ2) is 8.24. The Bertz CT molecular complexity index is 1430. The van der Waals surface area contributed by atoms with Gasteiger partial charge in [-0.15, -0.1) is 5.10 Å². The van der Waals surface area contributed by atoms with Crippen LogP contribution in [0.1, 0.15) is 44.2 Å². The fraction of sp³-hybridized carbons (Fsp3) is 0.417. The smallest absolute Gasteiger partial charge is 0.308 e. The molecule has 0 radical (unpaired) electrons. The quantitative estimate of drug-likeness (QED) is 0.366. The standard InChI is InChI=1S/C24H23F3N6O2/c25-13-8-14-16(10-29-21(14)28-9-13)22-31-23(18-5-4-17(20(26)27)33(18)32-22)30-19-12-3-1-2-11(6-12)7-15(19)24(34)35/h4-5,8-12,15,19-20H,1-3,6-7H2,(H,28,29)(H,34,35)(H,30,31,32)/t11?,12?,15-,19-/m0/s1. The van der Waals surface area contributed by atoms with Gasteiger partial charge in [0.1, 0.15) is 22.7 Å². The Morgan fingerprint density at radius 2 is 2.11 bits per heavy atom. The summed E-state index contributed by atoms with van der Waals surface area (Å²) < 4.78 is 42.6. The van der Waals surface area contributed by atoms with E-state index in [1.807, 2.05) is 0 Å². The molecule has 182 valence electrons. The van der Waals surface area contributed by atoms with Crippen molar-refractivity contribution in [2.75, 3.05) is 5.32 Å². The number of carboxylic acids is 1. The lowest BCUT2D eigenvalue weighted by Gasteiger charge is -2.44. The summed E-state index contributed by atoms with van der Waals surface area (Å²) in [6.07, 6.45) is 4.35. The van der Waals surface area contributed by atoms with Crippen molar-refractivity contribution in [1.29, 1.82) is 0 Å². The molecule has 4 aromatic heterocycles. The first kappa shape index (κ1) is 21.9. The van der Waals surface area contributed by atoms with E-state index in [1.54, 1.807) is 6.20 Å². The zero-order valence-electron chi connectivity index (χ0n) is 18.6. The molecular weight excluding hydrogens is 461 g/mol. The summed E-state index contributed by atoms with van der Waals surface area (Å²) in [6.45, 7) is 0. The number of nitrogens with one attached hydrogen (secondary N) is 2. The maximum atomic E-state index is 13.9. The first-order valence-corrected chi connectivity index (χ1v) is 11.7. The molecule has 2 saturated carbocycles.